The van der Waals surface area contributed by atoms with Crippen LogP contribution in [0.25, 0.3) is 0 Å². The van der Waals surface area contributed by atoms with Crippen LogP contribution in [-0.2, 0) is 9.53 Å². The van der Waals surface area contributed by atoms with Gasteiger partial charge >= 0.3 is 12.0 Å². The molecule has 1 fully saturated rings. The molecule has 2 amide bonds. The lowest BCUT2D eigenvalue weighted by Gasteiger charge is -2.23. The molecular weight excluding hydrogens is 286 g/mol. The molecule has 1 rings (SSSR count). The summed E-state index contributed by atoms with van der Waals surface area (Å²) in [5.74, 6) is -1.48. The number of carbonyl (C=O) groups is 2. The van der Waals surface area contributed by atoms with Crippen molar-refractivity contribution in [1.82, 2.24) is 10.6 Å². The number of carboxylic acids is 1. The molecule has 2 unspecified atom stereocenters. The highest BCUT2D eigenvalue weighted by atomic mass is 19.3. The number of rotatable bonds is 7. The molecule has 0 aromatic heterocycles. The van der Waals surface area contributed by atoms with E-state index in [1.165, 1.54) is 0 Å². The molecule has 6 nitrogen and oxygen atoms in total. The SMILES string of the molecule is O=C(NCCOCC(F)F)NC1CCCCCC1C(=O)O. The first kappa shape index (κ1) is 17.6. The molecule has 2 atom stereocenters. The smallest absolute Gasteiger partial charge is 0.315 e. The highest BCUT2D eigenvalue weighted by Gasteiger charge is 2.30. The average Bonchev–Trinajstić information content (AvgIpc) is 2.63. The Morgan fingerprint density at radius 3 is 2.62 bits per heavy atom. The van der Waals surface area contributed by atoms with E-state index in [4.69, 9.17) is 0 Å². The lowest BCUT2D eigenvalue weighted by molar-refractivity contribution is -0.142. The molecule has 0 bridgehead atoms. The molecule has 3 N–H and O–H groups in total. The number of amides is 2. The summed E-state index contributed by atoms with van der Waals surface area (Å²) in [6, 6.07) is -0.888. The molecule has 0 aromatic carbocycles. The molecular formula is C13H22F2N2O4. The number of urea groups is 1. The van der Waals surface area contributed by atoms with Crippen molar-refractivity contribution in [2.24, 2.45) is 5.92 Å². The summed E-state index contributed by atoms with van der Waals surface area (Å²) in [6.45, 7) is -0.569. The van der Waals surface area contributed by atoms with Crippen LogP contribution in [-0.4, -0.2) is 49.3 Å². The molecule has 0 aromatic rings. The highest BCUT2D eigenvalue weighted by Crippen LogP contribution is 2.23. The first-order chi connectivity index (χ1) is 10.0. The maximum absolute atomic E-state index is 11.8. The van der Waals surface area contributed by atoms with Crippen molar-refractivity contribution in [2.75, 3.05) is 19.8 Å². The van der Waals surface area contributed by atoms with E-state index in [-0.39, 0.29) is 13.2 Å². The average molecular weight is 308 g/mol. The topological polar surface area (TPSA) is 87.7 Å². The van der Waals surface area contributed by atoms with E-state index in [0.717, 1.165) is 19.3 Å². The van der Waals surface area contributed by atoms with Gasteiger partial charge in [0.2, 0.25) is 0 Å². The van der Waals surface area contributed by atoms with Crippen molar-refractivity contribution >= 4 is 12.0 Å². The largest absolute Gasteiger partial charge is 0.481 e. The Morgan fingerprint density at radius 2 is 1.95 bits per heavy atom. The van der Waals surface area contributed by atoms with Crippen molar-refractivity contribution in [3.8, 4) is 0 Å². The summed E-state index contributed by atoms with van der Waals surface area (Å²) in [7, 11) is 0. The van der Waals surface area contributed by atoms with E-state index in [1.54, 1.807) is 0 Å². The fraction of sp³-hybridized carbons (Fsp3) is 0.846. The Balaban J connectivity index is 2.29. The third kappa shape index (κ3) is 7.22. The van der Waals surface area contributed by atoms with Gasteiger partial charge in [-0.05, 0) is 12.8 Å². The third-order valence-electron chi connectivity index (χ3n) is 3.43. The van der Waals surface area contributed by atoms with Crippen molar-refractivity contribution in [1.29, 1.82) is 0 Å². The summed E-state index contributed by atoms with van der Waals surface area (Å²) in [5, 5.41) is 14.3. The zero-order valence-corrected chi connectivity index (χ0v) is 11.8. The van der Waals surface area contributed by atoms with Gasteiger partial charge < -0.3 is 20.5 Å². The minimum atomic E-state index is -2.53. The van der Waals surface area contributed by atoms with Crippen LogP contribution >= 0.6 is 0 Å². The second-order valence-corrected chi connectivity index (χ2v) is 5.06. The molecule has 1 aliphatic carbocycles. The molecule has 0 aliphatic heterocycles. The van der Waals surface area contributed by atoms with Crippen molar-refractivity contribution < 1.29 is 28.2 Å². The first-order valence-corrected chi connectivity index (χ1v) is 7.13. The van der Waals surface area contributed by atoms with Crippen LogP contribution in [0.3, 0.4) is 0 Å². The van der Waals surface area contributed by atoms with Crippen LogP contribution in [0, 0.1) is 5.92 Å². The highest BCUT2D eigenvalue weighted by molar-refractivity contribution is 5.76. The first-order valence-electron chi connectivity index (χ1n) is 7.13. The number of aliphatic carboxylic acids is 1. The van der Waals surface area contributed by atoms with Gasteiger partial charge in [-0.25, -0.2) is 13.6 Å². The number of hydrogen-bond acceptors (Lipinski definition) is 3. The molecule has 8 heteroatoms. The van der Waals surface area contributed by atoms with Gasteiger partial charge in [-0.3, -0.25) is 4.79 Å². The molecule has 21 heavy (non-hydrogen) atoms. The minimum absolute atomic E-state index is 0.00914. The predicted molar refractivity (Wildman–Crippen MR) is 71.4 cm³/mol. The van der Waals surface area contributed by atoms with E-state index in [0.29, 0.717) is 12.8 Å². The predicted octanol–water partition coefficient (Wildman–Crippen LogP) is 1.60. The third-order valence-corrected chi connectivity index (χ3v) is 3.43. The Labute approximate surface area is 122 Å². The number of ether oxygens (including phenoxy) is 1. The fourth-order valence-corrected chi connectivity index (χ4v) is 2.40. The molecule has 1 saturated carbocycles. The van der Waals surface area contributed by atoms with Gasteiger partial charge in [0.1, 0.15) is 6.61 Å². The number of carbonyl (C=O) groups excluding carboxylic acids is 1. The van der Waals surface area contributed by atoms with Crippen LogP contribution in [0.5, 0.6) is 0 Å². The van der Waals surface area contributed by atoms with Crippen LogP contribution in [0.1, 0.15) is 32.1 Å². The van der Waals surface area contributed by atoms with Crippen LogP contribution < -0.4 is 10.6 Å². The van der Waals surface area contributed by atoms with Crippen LogP contribution in [0.2, 0.25) is 0 Å². The van der Waals surface area contributed by atoms with Gasteiger partial charge in [0, 0.05) is 12.6 Å². The van der Waals surface area contributed by atoms with Crippen molar-refractivity contribution in [2.45, 2.75) is 44.6 Å². The van der Waals surface area contributed by atoms with Gasteiger partial charge in [0.25, 0.3) is 6.43 Å². The lowest BCUT2D eigenvalue weighted by Crippen LogP contribution is -2.47. The van der Waals surface area contributed by atoms with Gasteiger partial charge in [0.05, 0.1) is 12.5 Å². The van der Waals surface area contributed by atoms with Gasteiger partial charge in [-0.1, -0.05) is 19.3 Å². The Morgan fingerprint density at radius 1 is 1.24 bits per heavy atom. The zero-order chi connectivity index (χ0) is 15.7. The van der Waals surface area contributed by atoms with Crippen LogP contribution in [0.4, 0.5) is 13.6 Å². The van der Waals surface area contributed by atoms with Gasteiger partial charge in [0.15, 0.2) is 0 Å². The van der Waals surface area contributed by atoms with E-state index in [2.05, 4.69) is 15.4 Å². The quantitative estimate of drug-likeness (QED) is 0.492. The number of alkyl halides is 2. The lowest BCUT2D eigenvalue weighted by atomic mass is 9.95. The van der Waals surface area contributed by atoms with E-state index >= 15 is 0 Å². The fourth-order valence-electron chi connectivity index (χ4n) is 2.40. The van der Waals surface area contributed by atoms with Gasteiger partial charge in [-0.2, -0.15) is 0 Å². The van der Waals surface area contributed by atoms with E-state index in [9.17, 15) is 23.5 Å². The molecule has 1 aliphatic rings. The summed E-state index contributed by atoms with van der Waals surface area (Å²) in [5.41, 5.74) is 0. The number of halogens is 2. The number of carboxylic acid groups (broad SMARTS) is 1. The summed E-state index contributed by atoms with van der Waals surface area (Å²) in [6.07, 6.45) is 1.35. The maximum Gasteiger partial charge on any atom is 0.315 e. The maximum atomic E-state index is 11.8. The van der Waals surface area contributed by atoms with E-state index in [1.807, 2.05) is 0 Å². The minimum Gasteiger partial charge on any atom is -0.481 e. The zero-order valence-electron chi connectivity index (χ0n) is 11.8. The second kappa shape index (κ2) is 9.49. The molecule has 122 valence electrons. The van der Waals surface area contributed by atoms with Crippen LogP contribution in [0.15, 0.2) is 0 Å². The summed E-state index contributed by atoms with van der Waals surface area (Å²) < 4.78 is 28.2. The number of nitrogens with one attached hydrogen (secondary N) is 2. The van der Waals surface area contributed by atoms with E-state index < -0.39 is 37.0 Å². The summed E-state index contributed by atoms with van der Waals surface area (Å²) in [4.78, 5) is 22.9. The molecule has 0 saturated heterocycles. The Kier molecular flexibility index (Phi) is 7.96. The molecule has 0 heterocycles. The van der Waals surface area contributed by atoms with Gasteiger partial charge in [-0.15, -0.1) is 0 Å². The number of hydrogen-bond donors (Lipinski definition) is 3. The molecule has 0 spiro atoms. The Hall–Kier alpha value is -1.44. The summed E-state index contributed by atoms with van der Waals surface area (Å²) >= 11 is 0. The standard InChI is InChI=1S/C13H22F2N2O4/c14-11(15)8-21-7-6-16-13(20)17-10-5-3-1-2-4-9(10)12(18)19/h9-11H,1-8H2,(H,18,19)(H2,16,17,20). The van der Waals surface area contributed by atoms with Crippen molar-refractivity contribution in [3.05, 3.63) is 0 Å². The monoisotopic (exact) mass is 308 g/mol. The Bertz CT molecular complexity index is 342. The molecule has 0 radical (unpaired) electrons. The normalized spacial score (nSPS) is 22.6. The van der Waals surface area contributed by atoms with Crippen molar-refractivity contribution in [3.63, 3.8) is 0 Å². The second-order valence-electron chi connectivity index (χ2n) is 5.06.